The second-order valence-electron chi connectivity index (χ2n) is 5.37. The third kappa shape index (κ3) is 2.94. The van der Waals surface area contributed by atoms with Gasteiger partial charge < -0.3 is 4.74 Å². The normalized spacial score (nSPS) is 25.3. The molecule has 1 unspecified atom stereocenters. The number of rotatable bonds is 3. The van der Waals surface area contributed by atoms with Crippen molar-refractivity contribution >= 4 is 10.2 Å². The number of hydrogen-bond donors (Lipinski definition) is 0. The van der Waals surface area contributed by atoms with Crippen molar-refractivity contribution < 1.29 is 13.2 Å². The van der Waals surface area contributed by atoms with Crippen LogP contribution in [0.1, 0.15) is 30.3 Å². The molecule has 3 heterocycles. The van der Waals surface area contributed by atoms with Gasteiger partial charge in [-0.1, -0.05) is 0 Å². The molecule has 1 aromatic heterocycles. The van der Waals surface area contributed by atoms with Crippen LogP contribution < -0.4 is 0 Å². The van der Waals surface area contributed by atoms with Crippen LogP contribution in [0.2, 0.25) is 0 Å². The highest BCUT2D eigenvalue weighted by molar-refractivity contribution is 7.86. The monoisotopic (exact) mass is 312 g/mol. The molecule has 0 spiro atoms. The van der Waals surface area contributed by atoms with Gasteiger partial charge >= 0.3 is 0 Å². The van der Waals surface area contributed by atoms with Gasteiger partial charge in [-0.25, -0.2) is 0 Å². The van der Waals surface area contributed by atoms with E-state index in [1.165, 1.54) is 4.31 Å². The molecule has 2 fully saturated rings. The predicted octanol–water partition coefficient (Wildman–Crippen LogP) is 0.499. The molecule has 0 bridgehead atoms. The Balaban J connectivity index is 1.86. The fourth-order valence-electron chi connectivity index (χ4n) is 2.88. The Morgan fingerprint density at radius 3 is 2.71 bits per heavy atom. The molecule has 8 heteroatoms. The van der Waals surface area contributed by atoms with Crippen molar-refractivity contribution in [2.45, 2.75) is 25.8 Å². The molecule has 0 aromatic carbocycles. The molecular weight excluding hydrogens is 292 g/mol. The molecule has 2 aliphatic heterocycles. The van der Waals surface area contributed by atoms with Gasteiger partial charge in [-0.05, 0) is 19.8 Å². The first kappa shape index (κ1) is 14.8. The van der Waals surface area contributed by atoms with E-state index in [9.17, 15) is 8.42 Å². The maximum absolute atomic E-state index is 12.8. The number of hydrogen-bond acceptors (Lipinski definition) is 5. The standard InChI is InChI=1S/C13H20N4O3S/c1-11-9-14-10-12(15-11)13-3-2-4-17(13)21(18,19)16-5-7-20-8-6-16/h9-10,13H,2-8H2,1H3. The zero-order chi connectivity index (χ0) is 14.9. The Morgan fingerprint density at radius 1 is 1.24 bits per heavy atom. The smallest absolute Gasteiger partial charge is 0.282 e. The van der Waals surface area contributed by atoms with Gasteiger partial charge in [0.25, 0.3) is 10.2 Å². The lowest BCUT2D eigenvalue weighted by atomic mass is 10.2. The minimum Gasteiger partial charge on any atom is -0.379 e. The summed E-state index contributed by atoms with van der Waals surface area (Å²) in [7, 11) is -3.45. The first-order valence-electron chi connectivity index (χ1n) is 7.22. The van der Waals surface area contributed by atoms with Crippen molar-refractivity contribution in [2.24, 2.45) is 0 Å². The van der Waals surface area contributed by atoms with Gasteiger partial charge in [-0.15, -0.1) is 0 Å². The lowest BCUT2D eigenvalue weighted by Gasteiger charge is -2.32. The first-order chi connectivity index (χ1) is 10.1. The molecular formula is C13H20N4O3S. The third-order valence-electron chi connectivity index (χ3n) is 3.91. The first-order valence-corrected chi connectivity index (χ1v) is 8.62. The second kappa shape index (κ2) is 5.96. The number of morpholine rings is 1. The molecule has 7 nitrogen and oxygen atoms in total. The van der Waals surface area contributed by atoms with E-state index in [1.807, 2.05) is 6.92 Å². The van der Waals surface area contributed by atoms with Gasteiger partial charge in [0.05, 0.1) is 36.8 Å². The molecule has 116 valence electrons. The Bertz CT molecular complexity index is 601. The van der Waals surface area contributed by atoms with E-state index >= 15 is 0 Å². The van der Waals surface area contributed by atoms with Gasteiger partial charge in [-0.2, -0.15) is 17.0 Å². The lowest BCUT2D eigenvalue weighted by molar-refractivity contribution is 0.0698. The third-order valence-corrected chi connectivity index (χ3v) is 5.96. The fourth-order valence-corrected chi connectivity index (χ4v) is 4.68. The molecule has 0 N–H and O–H groups in total. The van der Waals surface area contributed by atoms with E-state index in [4.69, 9.17) is 4.74 Å². The average Bonchev–Trinajstić information content (AvgIpc) is 2.98. The van der Waals surface area contributed by atoms with Crippen molar-refractivity contribution in [3.63, 3.8) is 0 Å². The van der Waals surface area contributed by atoms with Crippen LogP contribution >= 0.6 is 0 Å². The predicted molar refractivity (Wildman–Crippen MR) is 76.8 cm³/mol. The van der Waals surface area contributed by atoms with Crippen molar-refractivity contribution in [2.75, 3.05) is 32.8 Å². The van der Waals surface area contributed by atoms with Crippen LogP contribution in [-0.4, -0.2) is 59.8 Å². The van der Waals surface area contributed by atoms with Crippen LogP contribution in [0.5, 0.6) is 0 Å². The summed E-state index contributed by atoms with van der Waals surface area (Å²) in [6, 6.07) is -0.203. The van der Waals surface area contributed by atoms with E-state index in [-0.39, 0.29) is 6.04 Å². The maximum Gasteiger partial charge on any atom is 0.282 e. The number of aryl methyl sites for hydroxylation is 1. The molecule has 2 aliphatic rings. The SMILES string of the molecule is Cc1cncc(C2CCCN2S(=O)(=O)N2CCOCC2)n1. The van der Waals surface area contributed by atoms with E-state index < -0.39 is 10.2 Å². The molecule has 0 saturated carbocycles. The number of aromatic nitrogens is 2. The van der Waals surface area contributed by atoms with Crippen LogP contribution in [0.25, 0.3) is 0 Å². The van der Waals surface area contributed by atoms with E-state index in [0.717, 1.165) is 24.2 Å². The molecule has 0 radical (unpaired) electrons. The molecule has 0 aliphatic carbocycles. The number of ether oxygens (including phenoxy) is 1. The van der Waals surface area contributed by atoms with Crippen molar-refractivity contribution in [1.29, 1.82) is 0 Å². The van der Waals surface area contributed by atoms with Gasteiger partial charge in [0.1, 0.15) is 0 Å². The van der Waals surface area contributed by atoms with Gasteiger partial charge in [0, 0.05) is 25.8 Å². The van der Waals surface area contributed by atoms with Crippen LogP contribution in [0.4, 0.5) is 0 Å². The lowest BCUT2D eigenvalue weighted by Crippen LogP contribution is -2.48. The average molecular weight is 312 g/mol. The summed E-state index contributed by atoms with van der Waals surface area (Å²) in [5.74, 6) is 0. The van der Waals surface area contributed by atoms with Gasteiger partial charge in [0.2, 0.25) is 0 Å². The molecule has 21 heavy (non-hydrogen) atoms. The van der Waals surface area contributed by atoms with Gasteiger partial charge in [0.15, 0.2) is 0 Å². The van der Waals surface area contributed by atoms with Gasteiger partial charge in [-0.3, -0.25) is 9.97 Å². The van der Waals surface area contributed by atoms with Crippen LogP contribution in [0.15, 0.2) is 12.4 Å². The summed E-state index contributed by atoms with van der Waals surface area (Å²) in [5.41, 5.74) is 1.55. The highest BCUT2D eigenvalue weighted by atomic mass is 32.2. The Hall–Kier alpha value is -1.09. The summed E-state index contributed by atoms with van der Waals surface area (Å²) >= 11 is 0. The Morgan fingerprint density at radius 2 is 2.00 bits per heavy atom. The zero-order valence-corrected chi connectivity index (χ0v) is 12.9. The van der Waals surface area contributed by atoms with Crippen molar-refractivity contribution in [1.82, 2.24) is 18.6 Å². The highest BCUT2D eigenvalue weighted by Crippen LogP contribution is 2.34. The Kier molecular flexibility index (Phi) is 4.21. The molecule has 0 amide bonds. The van der Waals surface area contributed by atoms with E-state index in [0.29, 0.717) is 32.8 Å². The van der Waals surface area contributed by atoms with Crippen LogP contribution in [-0.2, 0) is 14.9 Å². The largest absolute Gasteiger partial charge is 0.379 e. The van der Waals surface area contributed by atoms with E-state index in [1.54, 1.807) is 16.7 Å². The van der Waals surface area contributed by atoms with Crippen molar-refractivity contribution in [3.05, 3.63) is 23.8 Å². The van der Waals surface area contributed by atoms with Crippen molar-refractivity contribution in [3.8, 4) is 0 Å². The minimum atomic E-state index is -3.45. The topological polar surface area (TPSA) is 75.6 Å². The zero-order valence-electron chi connectivity index (χ0n) is 12.1. The van der Waals surface area contributed by atoms with Crippen LogP contribution in [0.3, 0.4) is 0 Å². The van der Waals surface area contributed by atoms with E-state index in [2.05, 4.69) is 9.97 Å². The van der Waals surface area contributed by atoms with Crippen LogP contribution in [0, 0.1) is 6.92 Å². The fraction of sp³-hybridized carbons (Fsp3) is 0.692. The maximum atomic E-state index is 12.8. The number of nitrogens with zero attached hydrogens (tertiary/aromatic N) is 4. The summed E-state index contributed by atoms with van der Waals surface area (Å²) in [6.07, 6.45) is 5.00. The quantitative estimate of drug-likeness (QED) is 0.812. The molecule has 1 atom stereocenters. The molecule has 3 rings (SSSR count). The summed E-state index contributed by atoms with van der Waals surface area (Å²) in [5, 5.41) is 0. The second-order valence-corrected chi connectivity index (χ2v) is 7.25. The summed E-state index contributed by atoms with van der Waals surface area (Å²) in [6.45, 7) is 4.17. The highest BCUT2D eigenvalue weighted by Gasteiger charge is 2.40. The molecule has 1 aromatic rings. The molecule has 2 saturated heterocycles. The summed E-state index contributed by atoms with van der Waals surface area (Å²) in [4.78, 5) is 8.59. The minimum absolute atomic E-state index is 0.203. The Labute approximate surface area is 125 Å². The summed E-state index contributed by atoms with van der Waals surface area (Å²) < 4.78 is 33.9.